The van der Waals surface area contributed by atoms with Crippen molar-refractivity contribution in [2.75, 3.05) is 19.1 Å². The number of anilines is 1. The minimum Gasteiger partial charge on any atom is -0.497 e. The third-order valence-electron chi connectivity index (χ3n) is 9.26. The van der Waals surface area contributed by atoms with Gasteiger partial charge in [-0.25, -0.2) is 0 Å². The highest BCUT2D eigenvalue weighted by Gasteiger charge is 2.61. The number of benzene rings is 5. The zero-order valence-electron chi connectivity index (χ0n) is 26.8. The topological polar surface area (TPSA) is 68.2 Å². The normalized spacial score (nSPS) is 19.3. The first-order valence-corrected chi connectivity index (χ1v) is 16.7. The van der Waals surface area contributed by atoms with E-state index in [4.69, 9.17) is 9.47 Å². The number of hydrogen-bond donors (Lipinski definition) is 0. The van der Waals surface area contributed by atoms with E-state index in [0.29, 0.717) is 18.0 Å². The highest BCUT2D eigenvalue weighted by atomic mass is 32.2. The Bertz CT molecular complexity index is 1970. The van der Waals surface area contributed by atoms with Gasteiger partial charge in [-0.2, -0.15) is 12.8 Å². The van der Waals surface area contributed by atoms with Crippen LogP contribution in [0.1, 0.15) is 40.3 Å². The van der Waals surface area contributed by atoms with E-state index < -0.39 is 21.0 Å². The van der Waals surface area contributed by atoms with Crippen LogP contribution in [-0.2, 0) is 27.5 Å². The van der Waals surface area contributed by atoms with Crippen LogP contribution in [0, 0.1) is 13.8 Å². The summed E-state index contributed by atoms with van der Waals surface area (Å²) >= 11 is 0. The van der Waals surface area contributed by atoms with Gasteiger partial charge >= 0.3 is 0 Å². The Morgan fingerprint density at radius 2 is 1.30 bits per heavy atom. The standard InChI is InChI=1S/C39H38N2O4S/c1-28-11-15-30(16-12-28)26-41-37-24-21-34(45-5)25-36(37)38(3,31-9-7-6-8-10-31)39(41,32-17-19-33(44-4)20-18-32)27-40-46(42,43)35-22-13-29(2)14-23-35/h6-25,27H,26H2,1-5H3/b40-27+/t38-,39-/m1/s1. The molecule has 1 aliphatic rings. The molecule has 6 rings (SSSR count). The summed E-state index contributed by atoms with van der Waals surface area (Å²) in [5.74, 6) is 1.41. The lowest BCUT2D eigenvalue weighted by Gasteiger charge is -2.48. The number of nitrogens with zero attached hydrogens (tertiary/aromatic N) is 2. The molecule has 5 aromatic carbocycles. The van der Waals surface area contributed by atoms with E-state index in [1.165, 1.54) is 0 Å². The molecule has 0 bridgehead atoms. The van der Waals surface area contributed by atoms with E-state index in [1.807, 2.05) is 55.5 Å². The first kappa shape index (κ1) is 31.1. The van der Waals surface area contributed by atoms with E-state index in [0.717, 1.165) is 39.1 Å². The Balaban J connectivity index is 1.70. The van der Waals surface area contributed by atoms with Gasteiger partial charge in [0.05, 0.1) is 24.5 Å². The number of ether oxygens (including phenoxy) is 2. The van der Waals surface area contributed by atoms with Crippen LogP contribution in [-0.4, -0.2) is 28.9 Å². The second-order valence-electron chi connectivity index (χ2n) is 12.0. The van der Waals surface area contributed by atoms with Crippen molar-refractivity contribution < 1.29 is 17.9 Å². The Labute approximate surface area is 272 Å². The van der Waals surface area contributed by atoms with E-state index in [-0.39, 0.29) is 4.90 Å². The fraction of sp³-hybridized carbons (Fsp3) is 0.205. The first-order chi connectivity index (χ1) is 22.1. The van der Waals surface area contributed by atoms with Crippen molar-refractivity contribution in [3.8, 4) is 11.5 Å². The van der Waals surface area contributed by atoms with Crippen molar-refractivity contribution in [3.63, 3.8) is 0 Å². The molecule has 0 aliphatic carbocycles. The number of rotatable bonds is 9. The smallest absolute Gasteiger partial charge is 0.282 e. The largest absolute Gasteiger partial charge is 0.497 e. The van der Waals surface area contributed by atoms with E-state index in [1.54, 1.807) is 44.7 Å². The molecule has 0 spiro atoms. The Kier molecular flexibility index (Phi) is 8.21. The Morgan fingerprint density at radius 3 is 1.91 bits per heavy atom. The third-order valence-corrected chi connectivity index (χ3v) is 10.5. The highest BCUT2D eigenvalue weighted by molar-refractivity contribution is 7.90. The zero-order valence-corrected chi connectivity index (χ0v) is 27.6. The molecule has 46 heavy (non-hydrogen) atoms. The van der Waals surface area contributed by atoms with Gasteiger partial charge in [-0.05, 0) is 85.5 Å². The average Bonchev–Trinajstić information content (AvgIpc) is 3.29. The van der Waals surface area contributed by atoms with Crippen LogP contribution in [0.25, 0.3) is 0 Å². The predicted octanol–water partition coefficient (Wildman–Crippen LogP) is 8.00. The predicted molar refractivity (Wildman–Crippen MR) is 185 cm³/mol. The van der Waals surface area contributed by atoms with Gasteiger partial charge in [-0.15, -0.1) is 0 Å². The molecule has 0 radical (unpaired) electrons. The van der Waals surface area contributed by atoms with Crippen LogP contribution in [0.4, 0.5) is 5.69 Å². The molecule has 1 aliphatic heterocycles. The summed E-state index contributed by atoms with van der Waals surface area (Å²) in [6, 6.07) is 39.4. The van der Waals surface area contributed by atoms with Gasteiger partial charge in [-0.3, -0.25) is 0 Å². The Morgan fingerprint density at radius 1 is 0.717 bits per heavy atom. The highest BCUT2D eigenvalue weighted by Crippen LogP contribution is 2.60. The molecule has 234 valence electrons. The fourth-order valence-corrected chi connectivity index (χ4v) is 7.55. The summed E-state index contributed by atoms with van der Waals surface area (Å²) in [6.07, 6.45) is 1.65. The van der Waals surface area contributed by atoms with Crippen LogP contribution in [0.2, 0.25) is 0 Å². The van der Waals surface area contributed by atoms with Crippen LogP contribution in [0.3, 0.4) is 0 Å². The van der Waals surface area contributed by atoms with Gasteiger partial charge in [0.25, 0.3) is 10.0 Å². The number of fused-ring (bicyclic) bond motifs is 1. The van der Waals surface area contributed by atoms with Gasteiger partial charge < -0.3 is 14.4 Å². The molecule has 2 atom stereocenters. The molecular weight excluding hydrogens is 593 g/mol. The van der Waals surface area contributed by atoms with Crippen LogP contribution < -0.4 is 14.4 Å². The van der Waals surface area contributed by atoms with E-state index >= 15 is 0 Å². The molecule has 0 unspecified atom stereocenters. The number of methoxy groups -OCH3 is 2. The third kappa shape index (κ3) is 5.24. The summed E-state index contributed by atoms with van der Waals surface area (Å²) in [7, 11) is -0.770. The maximum Gasteiger partial charge on any atom is 0.282 e. The molecule has 0 saturated carbocycles. The molecule has 0 fully saturated rings. The number of sulfonamides is 1. The van der Waals surface area contributed by atoms with E-state index in [9.17, 15) is 8.42 Å². The maximum absolute atomic E-state index is 13.9. The van der Waals surface area contributed by atoms with Gasteiger partial charge in [-0.1, -0.05) is 90.0 Å². The summed E-state index contributed by atoms with van der Waals surface area (Å²) in [4.78, 5) is 2.43. The van der Waals surface area contributed by atoms with Crippen molar-refractivity contribution >= 4 is 21.9 Å². The molecule has 0 N–H and O–H groups in total. The van der Waals surface area contributed by atoms with Crippen LogP contribution in [0.15, 0.2) is 131 Å². The zero-order chi connectivity index (χ0) is 32.5. The lowest BCUT2D eigenvalue weighted by Crippen LogP contribution is -2.56. The first-order valence-electron chi connectivity index (χ1n) is 15.2. The monoisotopic (exact) mass is 630 g/mol. The molecule has 7 heteroatoms. The molecule has 0 amide bonds. The molecule has 1 heterocycles. The minimum atomic E-state index is -4.06. The van der Waals surface area contributed by atoms with Crippen molar-refractivity contribution in [3.05, 3.63) is 155 Å². The van der Waals surface area contributed by atoms with Crippen LogP contribution in [0.5, 0.6) is 11.5 Å². The van der Waals surface area contributed by atoms with E-state index in [2.05, 4.69) is 71.7 Å². The van der Waals surface area contributed by atoms with Crippen LogP contribution >= 0.6 is 0 Å². The van der Waals surface area contributed by atoms with Gasteiger partial charge in [0.15, 0.2) is 0 Å². The van der Waals surface area contributed by atoms with Crippen molar-refractivity contribution in [1.29, 1.82) is 0 Å². The number of aryl methyl sites for hydroxylation is 2. The van der Waals surface area contributed by atoms with Gasteiger partial charge in [0, 0.05) is 18.4 Å². The summed E-state index contributed by atoms with van der Waals surface area (Å²) in [5.41, 5.74) is 5.10. The second-order valence-corrected chi connectivity index (χ2v) is 13.6. The molecule has 0 aromatic heterocycles. The maximum atomic E-state index is 13.9. The lowest BCUT2D eigenvalue weighted by molar-refractivity contribution is 0.383. The minimum absolute atomic E-state index is 0.142. The second kappa shape index (κ2) is 12.1. The molecule has 0 saturated heterocycles. The average molecular weight is 631 g/mol. The SMILES string of the molecule is COc1ccc([C@@]2(/C=N/S(=O)(=O)c3ccc(C)cc3)N(Cc3ccc(C)cc3)c3ccc(OC)cc3[C@@]2(C)c2ccccc2)cc1. The van der Waals surface area contributed by atoms with Crippen molar-refractivity contribution in [2.45, 2.75) is 43.2 Å². The quantitative estimate of drug-likeness (QED) is 0.154. The molecule has 5 aromatic rings. The summed E-state index contributed by atoms with van der Waals surface area (Å²) in [6.45, 7) is 6.66. The number of hydrogen-bond acceptors (Lipinski definition) is 5. The summed E-state index contributed by atoms with van der Waals surface area (Å²) in [5, 5.41) is 0. The van der Waals surface area contributed by atoms with Crippen molar-refractivity contribution in [2.24, 2.45) is 4.40 Å². The lowest BCUT2D eigenvalue weighted by atomic mass is 9.62. The summed E-state index contributed by atoms with van der Waals surface area (Å²) < 4.78 is 43.7. The van der Waals surface area contributed by atoms with Gasteiger partial charge in [0.2, 0.25) is 0 Å². The molecular formula is C39H38N2O4S. The fourth-order valence-electron chi connectivity index (χ4n) is 6.66. The van der Waals surface area contributed by atoms with Gasteiger partial charge in [0.1, 0.15) is 17.0 Å². The Hall–Kier alpha value is -4.88. The molecule has 6 nitrogen and oxygen atoms in total. The van der Waals surface area contributed by atoms with Crippen molar-refractivity contribution in [1.82, 2.24) is 0 Å².